The number of pyridine rings is 1. The largest absolute Gasteiger partial charge is 0.461 e. The first-order valence-corrected chi connectivity index (χ1v) is 7.84. The van der Waals surface area contributed by atoms with Gasteiger partial charge < -0.3 is 14.2 Å². The van der Waals surface area contributed by atoms with Gasteiger partial charge in [0.25, 0.3) is 0 Å². The molecule has 0 saturated heterocycles. The van der Waals surface area contributed by atoms with E-state index in [1.54, 1.807) is 38.7 Å². The third-order valence-electron chi connectivity index (χ3n) is 3.03. The molecule has 0 bridgehead atoms. The van der Waals surface area contributed by atoms with Crippen molar-refractivity contribution < 1.29 is 19.0 Å². The zero-order valence-electron chi connectivity index (χ0n) is 13.2. The monoisotopic (exact) mass is 334 g/mol. The third kappa shape index (κ3) is 3.82. The number of methoxy groups -OCH3 is 2. The van der Waals surface area contributed by atoms with Crippen molar-refractivity contribution in [3.8, 4) is 10.6 Å². The first-order valence-electron chi connectivity index (χ1n) is 6.96. The standard InChI is InChI=1S/C16H18N2O4S/c1-5-11-10(7-8-12(17-11)16(20-3)21-4)14-18-13(9-23-14)15(19)22-6-2/h5,7-9,16H,1,6H2,2-4H3. The Balaban J connectivity index is 2.36. The fraction of sp³-hybridized carbons (Fsp3) is 0.312. The Morgan fingerprint density at radius 3 is 2.70 bits per heavy atom. The lowest BCUT2D eigenvalue weighted by Crippen LogP contribution is -2.07. The number of hydrogen-bond donors (Lipinski definition) is 0. The van der Waals surface area contributed by atoms with Crippen molar-refractivity contribution in [3.05, 3.63) is 41.2 Å². The van der Waals surface area contributed by atoms with Crippen LogP contribution in [-0.2, 0) is 14.2 Å². The van der Waals surface area contributed by atoms with Crippen molar-refractivity contribution in [1.82, 2.24) is 9.97 Å². The van der Waals surface area contributed by atoms with Crippen LogP contribution in [0.3, 0.4) is 0 Å². The minimum Gasteiger partial charge on any atom is -0.461 e. The van der Waals surface area contributed by atoms with Gasteiger partial charge in [0, 0.05) is 25.2 Å². The summed E-state index contributed by atoms with van der Waals surface area (Å²) < 4.78 is 15.3. The summed E-state index contributed by atoms with van der Waals surface area (Å²) in [7, 11) is 3.09. The number of ether oxygens (including phenoxy) is 3. The van der Waals surface area contributed by atoms with Crippen LogP contribution in [0.4, 0.5) is 0 Å². The van der Waals surface area contributed by atoms with Crippen LogP contribution in [-0.4, -0.2) is 36.8 Å². The number of rotatable bonds is 7. The highest BCUT2D eigenvalue weighted by Crippen LogP contribution is 2.29. The van der Waals surface area contributed by atoms with E-state index in [2.05, 4.69) is 16.5 Å². The van der Waals surface area contributed by atoms with Crippen molar-refractivity contribution >= 4 is 23.4 Å². The molecule has 0 unspecified atom stereocenters. The van der Waals surface area contributed by atoms with Crippen LogP contribution >= 0.6 is 11.3 Å². The molecule has 0 aromatic carbocycles. The van der Waals surface area contributed by atoms with E-state index in [4.69, 9.17) is 14.2 Å². The van der Waals surface area contributed by atoms with E-state index >= 15 is 0 Å². The lowest BCUT2D eigenvalue weighted by molar-refractivity contribution is -0.108. The molecule has 23 heavy (non-hydrogen) atoms. The molecule has 0 amide bonds. The Morgan fingerprint density at radius 2 is 2.09 bits per heavy atom. The predicted molar refractivity (Wildman–Crippen MR) is 88.2 cm³/mol. The lowest BCUT2D eigenvalue weighted by Gasteiger charge is -2.14. The van der Waals surface area contributed by atoms with Gasteiger partial charge in [-0.05, 0) is 25.1 Å². The van der Waals surface area contributed by atoms with E-state index in [0.29, 0.717) is 23.0 Å². The minimum absolute atomic E-state index is 0.289. The molecule has 2 heterocycles. The molecule has 0 N–H and O–H groups in total. The Hall–Kier alpha value is -2.09. The highest BCUT2D eigenvalue weighted by Gasteiger charge is 2.17. The molecule has 0 aliphatic heterocycles. The molecule has 2 rings (SSSR count). The van der Waals surface area contributed by atoms with Gasteiger partial charge in [-0.1, -0.05) is 6.58 Å². The summed E-state index contributed by atoms with van der Waals surface area (Å²) >= 11 is 1.35. The number of hydrogen-bond acceptors (Lipinski definition) is 7. The van der Waals surface area contributed by atoms with Crippen molar-refractivity contribution in [1.29, 1.82) is 0 Å². The minimum atomic E-state index is -0.547. The first kappa shape index (κ1) is 17.3. The second kappa shape index (κ2) is 7.96. The van der Waals surface area contributed by atoms with Gasteiger partial charge in [0.1, 0.15) is 5.01 Å². The van der Waals surface area contributed by atoms with Crippen LogP contribution in [0, 0.1) is 0 Å². The Labute approximate surface area is 138 Å². The normalized spacial score (nSPS) is 10.8. The van der Waals surface area contributed by atoms with E-state index in [-0.39, 0.29) is 5.69 Å². The van der Waals surface area contributed by atoms with Gasteiger partial charge >= 0.3 is 5.97 Å². The van der Waals surface area contributed by atoms with Crippen molar-refractivity contribution in [2.75, 3.05) is 20.8 Å². The number of aromatic nitrogens is 2. The smallest absolute Gasteiger partial charge is 0.357 e. The van der Waals surface area contributed by atoms with Gasteiger partial charge in [-0.3, -0.25) is 0 Å². The molecule has 0 radical (unpaired) electrons. The summed E-state index contributed by atoms with van der Waals surface area (Å²) in [5.74, 6) is -0.432. The van der Waals surface area contributed by atoms with E-state index in [1.165, 1.54) is 11.3 Å². The molecular formula is C16H18N2O4S. The number of thiazole rings is 1. The fourth-order valence-electron chi connectivity index (χ4n) is 1.99. The van der Waals surface area contributed by atoms with Gasteiger partial charge in [0.15, 0.2) is 5.69 Å². The summed E-state index contributed by atoms with van der Waals surface area (Å²) in [5.41, 5.74) is 2.36. The second-order valence-corrected chi connectivity index (χ2v) is 5.29. The van der Waals surface area contributed by atoms with Gasteiger partial charge in [-0.2, -0.15) is 0 Å². The number of carbonyl (C=O) groups is 1. The number of nitrogens with zero attached hydrogens (tertiary/aromatic N) is 2. The summed E-state index contributed by atoms with van der Waals surface area (Å²) in [6, 6.07) is 3.66. The van der Waals surface area contributed by atoms with Crippen LogP contribution in [0.25, 0.3) is 16.6 Å². The molecule has 6 nitrogen and oxygen atoms in total. The van der Waals surface area contributed by atoms with Crippen LogP contribution in [0.15, 0.2) is 24.1 Å². The average Bonchev–Trinajstić information content (AvgIpc) is 3.06. The van der Waals surface area contributed by atoms with E-state index in [0.717, 1.165) is 5.56 Å². The molecule has 0 aliphatic rings. The van der Waals surface area contributed by atoms with Crippen LogP contribution < -0.4 is 0 Å². The maximum absolute atomic E-state index is 11.7. The molecule has 2 aromatic rings. The summed E-state index contributed by atoms with van der Waals surface area (Å²) in [6.07, 6.45) is 1.08. The maximum atomic E-state index is 11.7. The fourth-order valence-corrected chi connectivity index (χ4v) is 2.82. The van der Waals surface area contributed by atoms with Crippen molar-refractivity contribution in [2.45, 2.75) is 13.2 Å². The molecule has 2 aromatic heterocycles. The Bertz CT molecular complexity index is 695. The summed E-state index contributed by atoms with van der Waals surface area (Å²) in [4.78, 5) is 20.5. The first-order chi connectivity index (χ1) is 11.1. The molecular weight excluding hydrogens is 316 g/mol. The van der Waals surface area contributed by atoms with Crippen molar-refractivity contribution in [2.24, 2.45) is 0 Å². The van der Waals surface area contributed by atoms with E-state index in [9.17, 15) is 4.79 Å². The molecule has 0 aliphatic carbocycles. The summed E-state index contributed by atoms with van der Waals surface area (Å²) in [5, 5.41) is 2.34. The highest BCUT2D eigenvalue weighted by molar-refractivity contribution is 7.13. The molecule has 0 atom stereocenters. The van der Waals surface area contributed by atoms with E-state index in [1.807, 2.05) is 6.07 Å². The summed E-state index contributed by atoms with van der Waals surface area (Å²) in [6.45, 7) is 5.85. The van der Waals surface area contributed by atoms with Gasteiger partial charge in [0.2, 0.25) is 6.29 Å². The van der Waals surface area contributed by atoms with Gasteiger partial charge in [-0.25, -0.2) is 14.8 Å². The van der Waals surface area contributed by atoms with Crippen LogP contribution in [0.1, 0.15) is 35.1 Å². The average molecular weight is 334 g/mol. The SMILES string of the molecule is C=Cc1nc(C(OC)OC)ccc1-c1nc(C(=O)OCC)cs1. The lowest BCUT2D eigenvalue weighted by atomic mass is 10.1. The molecule has 7 heteroatoms. The Kier molecular flexibility index (Phi) is 5.97. The predicted octanol–water partition coefficient (Wildman–Crippen LogP) is 3.32. The van der Waals surface area contributed by atoms with Crippen LogP contribution in [0.2, 0.25) is 0 Å². The Morgan fingerprint density at radius 1 is 1.35 bits per heavy atom. The zero-order valence-corrected chi connectivity index (χ0v) is 14.1. The highest BCUT2D eigenvalue weighted by atomic mass is 32.1. The molecule has 122 valence electrons. The van der Waals surface area contributed by atoms with E-state index < -0.39 is 12.3 Å². The number of esters is 1. The quantitative estimate of drug-likeness (QED) is 0.571. The van der Waals surface area contributed by atoms with Gasteiger partial charge in [-0.15, -0.1) is 11.3 Å². The zero-order chi connectivity index (χ0) is 16.8. The number of carbonyl (C=O) groups excluding carboxylic acids is 1. The molecule has 0 fully saturated rings. The molecule has 0 saturated carbocycles. The van der Waals surface area contributed by atoms with Gasteiger partial charge in [0.05, 0.1) is 18.0 Å². The maximum Gasteiger partial charge on any atom is 0.357 e. The second-order valence-electron chi connectivity index (χ2n) is 4.43. The van der Waals surface area contributed by atoms with Crippen LogP contribution in [0.5, 0.6) is 0 Å². The topological polar surface area (TPSA) is 70.5 Å². The third-order valence-corrected chi connectivity index (χ3v) is 3.90. The molecule has 0 spiro atoms. The van der Waals surface area contributed by atoms with Crippen molar-refractivity contribution in [3.63, 3.8) is 0 Å².